The highest BCUT2D eigenvalue weighted by molar-refractivity contribution is 7.80. The maximum Gasteiger partial charge on any atom is 0.326 e. The summed E-state index contributed by atoms with van der Waals surface area (Å²) in [6.07, 6.45) is -0.635. The molecule has 4 unspecified atom stereocenters. The number of phenols is 1. The van der Waals surface area contributed by atoms with Crippen molar-refractivity contribution in [2.75, 3.05) is 5.75 Å². The predicted octanol–water partition coefficient (Wildman–Crippen LogP) is -1.74. The molecule has 12 nitrogen and oxygen atoms in total. The van der Waals surface area contributed by atoms with E-state index in [0.29, 0.717) is 5.56 Å². The van der Waals surface area contributed by atoms with Gasteiger partial charge < -0.3 is 37.6 Å². The average Bonchev–Trinajstić information content (AvgIpc) is 2.76. The van der Waals surface area contributed by atoms with Crippen LogP contribution < -0.4 is 27.4 Å². The van der Waals surface area contributed by atoms with Crippen LogP contribution in [0.5, 0.6) is 5.75 Å². The van der Waals surface area contributed by atoms with E-state index in [0.717, 1.165) is 0 Å². The minimum Gasteiger partial charge on any atom is -0.508 e. The van der Waals surface area contributed by atoms with Gasteiger partial charge >= 0.3 is 5.97 Å². The van der Waals surface area contributed by atoms with Gasteiger partial charge in [-0.05, 0) is 23.6 Å². The fourth-order valence-corrected chi connectivity index (χ4v) is 3.05. The highest BCUT2D eigenvalue weighted by atomic mass is 32.1. The summed E-state index contributed by atoms with van der Waals surface area (Å²) in [5, 5.41) is 25.9. The van der Waals surface area contributed by atoms with E-state index in [1.165, 1.54) is 24.3 Å². The van der Waals surface area contributed by atoms with Gasteiger partial charge in [-0.25, -0.2) is 4.79 Å². The summed E-state index contributed by atoms with van der Waals surface area (Å²) < 4.78 is 0. The Kier molecular flexibility index (Phi) is 11.3. The first-order chi connectivity index (χ1) is 15.8. The molecule has 0 fully saturated rings. The van der Waals surface area contributed by atoms with E-state index >= 15 is 0 Å². The molecule has 4 amide bonds. The minimum absolute atomic E-state index is 0.00205. The van der Waals surface area contributed by atoms with E-state index < -0.39 is 66.1 Å². The predicted molar refractivity (Wildman–Crippen MR) is 126 cm³/mol. The maximum absolute atomic E-state index is 13.0. The van der Waals surface area contributed by atoms with E-state index in [-0.39, 0.29) is 17.9 Å². The maximum atomic E-state index is 13.0. The van der Waals surface area contributed by atoms with Crippen molar-refractivity contribution in [3.63, 3.8) is 0 Å². The number of carboxylic acid groups (broad SMARTS) is 1. The van der Waals surface area contributed by atoms with Gasteiger partial charge in [0.15, 0.2) is 0 Å². The SMILES string of the molecule is CC(C)C(NC(=O)C(CC(N)=O)NC(=O)C(Cc1ccc(O)cc1)NC(=O)C(N)CS)C(=O)O. The Morgan fingerprint density at radius 2 is 1.47 bits per heavy atom. The number of aromatic hydroxyl groups is 1. The third-order valence-electron chi connectivity index (χ3n) is 4.81. The minimum atomic E-state index is -1.48. The highest BCUT2D eigenvalue weighted by Gasteiger charge is 2.32. The number of carboxylic acids is 1. The number of carbonyl (C=O) groups is 5. The first kappa shape index (κ1) is 28.7. The molecule has 0 saturated heterocycles. The largest absolute Gasteiger partial charge is 0.508 e. The van der Waals surface area contributed by atoms with Crippen molar-refractivity contribution in [1.82, 2.24) is 16.0 Å². The molecule has 0 saturated carbocycles. The molecule has 9 N–H and O–H groups in total. The number of hydrogen-bond acceptors (Lipinski definition) is 8. The van der Waals surface area contributed by atoms with Crippen LogP contribution in [0.3, 0.4) is 0 Å². The van der Waals surface area contributed by atoms with Gasteiger partial charge in [-0.2, -0.15) is 12.6 Å². The Morgan fingerprint density at radius 3 is 1.94 bits per heavy atom. The molecule has 1 aromatic carbocycles. The Morgan fingerprint density at radius 1 is 0.941 bits per heavy atom. The number of aliphatic carboxylic acids is 1. The van der Waals surface area contributed by atoms with Gasteiger partial charge in [0.05, 0.1) is 12.5 Å². The molecule has 0 aliphatic heterocycles. The zero-order chi connectivity index (χ0) is 26.0. The second-order valence-electron chi connectivity index (χ2n) is 8.02. The lowest BCUT2D eigenvalue weighted by atomic mass is 10.0. The van der Waals surface area contributed by atoms with Crippen LogP contribution in [0.25, 0.3) is 0 Å². The molecule has 0 bridgehead atoms. The van der Waals surface area contributed by atoms with Crippen molar-refractivity contribution in [2.24, 2.45) is 17.4 Å². The van der Waals surface area contributed by atoms with Gasteiger partial charge in [-0.15, -0.1) is 0 Å². The van der Waals surface area contributed by atoms with Gasteiger partial charge in [0.2, 0.25) is 23.6 Å². The number of thiol groups is 1. The van der Waals surface area contributed by atoms with Crippen LogP contribution in [0.2, 0.25) is 0 Å². The van der Waals surface area contributed by atoms with Crippen molar-refractivity contribution in [2.45, 2.75) is 50.9 Å². The van der Waals surface area contributed by atoms with Crippen molar-refractivity contribution < 1.29 is 34.2 Å². The van der Waals surface area contributed by atoms with Crippen LogP contribution in [0.1, 0.15) is 25.8 Å². The summed E-state index contributed by atoms with van der Waals surface area (Å²) >= 11 is 3.96. The number of primary amides is 1. The first-order valence-electron chi connectivity index (χ1n) is 10.4. The van der Waals surface area contributed by atoms with Crippen molar-refractivity contribution >= 4 is 42.2 Å². The van der Waals surface area contributed by atoms with Gasteiger partial charge in [0.25, 0.3) is 0 Å². The Balaban J connectivity index is 3.13. The average molecular weight is 498 g/mol. The van der Waals surface area contributed by atoms with E-state index in [1.807, 2.05) is 0 Å². The van der Waals surface area contributed by atoms with Crippen LogP contribution in [0.15, 0.2) is 24.3 Å². The molecular weight excluding hydrogens is 466 g/mol. The molecule has 4 atom stereocenters. The standard InChI is InChI=1S/C21H31N5O7S/c1-10(2)17(21(32)33)26-20(31)15(8-16(23)28)25-19(30)14(24-18(29)13(22)9-34)7-11-3-5-12(27)6-4-11/h3-6,10,13-15,17,27,34H,7-9,22H2,1-2H3,(H2,23,28)(H,24,29)(H,25,30)(H,26,31)(H,32,33). The molecular formula is C21H31N5O7S. The molecule has 13 heteroatoms. The van der Waals surface area contributed by atoms with Crippen LogP contribution in [-0.2, 0) is 30.4 Å². The fraction of sp³-hybridized carbons (Fsp3) is 0.476. The van der Waals surface area contributed by atoms with Gasteiger partial charge in [-0.1, -0.05) is 26.0 Å². The number of benzene rings is 1. The summed E-state index contributed by atoms with van der Waals surface area (Å²) in [5.41, 5.74) is 11.4. The number of nitrogens with one attached hydrogen (secondary N) is 3. The second kappa shape index (κ2) is 13.4. The quantitative estimate of drug-likeness (QED) is 0.146. The number of carbonyl (C=O) groups excluding carboxylic acids is 4. The Hall–Kier alpha value is -3.32. The molecule has 0 aliphatic carbocycles. The molecule has 34 heavy (non-hydrogen) atoms. The van der Waals surface area contributed by atoms with Crippen molar-refractivity contribution in [3.05, 3.63) is 29.8 Å². The summed E-state index contributed by atoms with van der Waals surface area (Å²) in [5.74, 6) is -5.08. The summed E-state index contributed by atoms with van der Waals surface area (Å²) in [4.78, 5) is 60.9. The number of phenolic OH excluding ortho intramolecular Hbond substituents is 1. The lowest BCUT2D eigenvalue weighted by molar-refractivity contribution is -0.143. The zero-order valence-electron chi connectivity index (χ0n) is 18.9. The summed E-state index contributed by atoms with van der Waals surface area (Å²) in [6.45, 7) is 3.16. The van der Waals surface area contributed by atoms with E-state index in [9.17, 15) is 34.2 Å². The van der Waals surface area contributed by atoms with Gasteiger partial charge in [0.1, 0.15) is 23.9 Å². The molecule has 0 aromatic heterocycles. The molecule has 0 spiro atoms. The van der Waals surface area contributed by atoms with E-state index in [4.69, 9.17) is 11.5 Å². The fourth-order valence-electron chi connectivity index (χ4n) is 2.89. The Bertz CT molecular complexity index is 894. The smallest absolute Gasteiger partial charge is 0.326 e. The molecule has 0 heterocycles. The highest BCUT2D eigenvalue weighted by Crippen LogP contribution is 2.12. The molecule has 0 radical (unpaired) electrons. The van der Waals surface area contributed by atoms with E-state index in [2.05, 4.69) is 28.6 Å². The lowest BCUT2D eigenvalue weighted by Gasteiger charge is -2.25. The molecule has 0 aliphatic rings. The number of nitrogens with two attached hydrogens (primary N) is 2. The molecule has 1 rings (SSSR count). The topological polar surface area (TPSA) is 214 Å². The zero-order valence-corrected chi connectivity index (χ0v) is 19.7. The lowest BCUT2D eigenvalue weighted by Crippen LogP contribution is -2.58. The monoisotopic (exact) mass is 497 g/mol. The normalized spacial score (nSPS) is 14.4. The number of rotatable bonds is 13. The van der Waals surface area contributed by atoms with Crippen LogP contribution >= 0.6 is 12.6 Å². The second-order valence-corrected chi connectivity index (χ2v) is 8.39. The summed E-state index contributed by atoms with van der Waals surface area (Å²) in [6, 6.07) is 0.892. The summed E-state index contributed by atoms with van der Waals surface area (Å²) in [7, 11) is 0. The molecule has 1 aromatic rings. The Labute approximate surface area is 202 Å². The first-order valence-corrected chi connectivity index (χ1v) is 11.1. The van der Waals surface area contributed by atoms with Crippen molar-refractivity contribution in [3.8, 4) is 5.75 Å². The van der Waals surface area contributed by atoms with Gasteiger partial charge in [0, 0.05) is 12.2 Å². The van der Waals surface area contributed by atoms with Crippen LogP contribution in [-0.4, -0.2) is 69.7 Å². The van der Waals surface area contributed by atoms with Crippen molar-refractivity contribution in [1.29, 1.82) is 0 Å². The number of amides is 4. The van der Waals surface area contributed by atoms with Crippen LogP contribution in [0, 0.1) is 5.92 Å². The van der Waals surface area contributed by atoms with Gasteiger partial charge in [-0.3, -0.25) is 19.2 Å². The van der Waals surface area contributed by atoms with Crippen LogP contribution in [0.4, 0.5) is 0 Å². The molecule has 188 valence electrons. The van der Waals surface area contributed by atoms with E-state index in [1.54, 1.807) is 13.8 Å². The third-order valence-corrected chi connectivity index (χ3v) is 5.20. The number of hydrogen-bond donors (Lipinski definition) is 8. The third kappa shape index (κ3) is 9.27.